The Morgan fingerprint density at radius 2 is 1.49 bits per heavy atom. The zero-order chi connectivity index (χ0) is 30.8. The van der Waals surface area contributed by atoms with Crippen LogP contribution in [-0.4, -0.2) is 46.7 Å². The predicted molar refractivity (Wildman–Crippen MR) is 166 cm³/mol. The molecule has 0 aliphatic carbocycles. The van der Waals surface area contributed by atoms with E-state index in [-0.39, 0.29) is 17.4 Å². The Hall–Kier alpha value is -5.16. The van der Waals surface area contributed by atoms with Gasteiger partial charge in [-0.25, -0.2) is 13.8 Å². The van der Waals surface area contributed by atoms with Crippen molar-refractivity contribution in [3.8, 4) is 11.5 Å². The van der Waals surface area contributed by atoms with Gasteiger partial charge >= 0.3 is 0 Å². The number of nitrogens with zero attached hydrogens (tertiary/aromatic N) is 2. The highest BCUT2D eigenvalue weighted by molar-refractivity contribution is 7.92. The maximum Gasteiger partial charge on any atom is 0.264 e. The Morgan fingerprint density at radius 1 is 0.837 bits per heavy atom. The molecule has 4 rings (SSSR count). The lowest BCUT2D eigenvalue weighted by Gasteiger charge is -2.25. The van der Waals surface area contributed by atoms with Gasteiger partial charge in [-0.1, -0.05) is 35.9 Å². The third kappa shape index (κ3) is 8.43. The van der Waals surface area contributed by atoms with E-state index in [0.717, 1.165) is 9.87 Å². The van der Waals surface area contributed by atoms with Crippen molar-refractivity contribution in [3.05, 3.63) is 114 Å². The van der Waals surface area contributed by atoms with E-state index in [4.69, 9.17) is 9.47 Å². The Labute approximate surface area is 251 Å². The maximum absolute atomic E-state index is 13.5. The monoisotopic (exact) mass is 600 g/mol. The standard InChI is InChI=1S/C32H32N4O6S/c1-23-8-18-29(19-9-23)43(39,40)36(30-7-5-4-6-24(30)2)21-31(37)35-33-20-25-10-14-28(15-11-25)42-22-32(38)34-26-12-16-27(41-3)17-13-26/h4-20H,21-22H2,1-3H3,(H,34,38)(H,35,37)/b33-20-. The first-order valence-electron chi connectivity index (χ1n) is 13.3. The Bertz CT molecular complexity index is 1690. The van der Waals surface area contributed by atoms with Crippen LogP contribution in [0.2, 0.25) is 0 Å². The molecule has 43 heavy (non-hydrogen) atoms. The highest BCUT2D eigenvalue weighted by atomic mass is 32.2. The number of anilines is 2. The summed E-state index contributed by atoms with van der Waals surface area (Å²) < 4.78 is 38.8. The molecule has 0 bridgehead atoms. The average Bonchev–Trinajstić information content (AvgIpc) is 3.00. The molecule has 11 heteroatoms. The molecule has 0 radical (unpaired) electrons. The van der Waals surface area contributed by atoms with Crippen LogP contribution in [0.4, 0.5) is 11.4 Å². The molecule has 0 aliphatic heterocycles. The molecule has 0 fully saturated rings. The zero-order valence-corrected chi connectivity index (χ0v) is 24.8. The molecular formula is C32H32N4O6S. The van der Waals surface area contributed by atoms with E-state index in [1.165, 1.54) is 18.3 Å². The average molecular weight is 601 g/mol. The van der Waals surface area contributed by atoms with Crippen LogP contribution >= 0.6 is 0 Å². The van der Waals surface area contributed by atoms with Crippen molar-refractivity contribution in [2.45, 2.75) is 18.7 Å². The number of benzene rings is 4. The first-order chi connectivity index (χ1) is 20.7. The van der Waals surface area contributed by atoms with Gasteiger partial charge in [-0.2, -0.15) is 5.10 Å². The van der Waals surface area contributed by atoms with Gasteiger partial charge in [0.1, 0.15) is 18.0 Å². The molecule has 4 aromatic rings. The number of carbonyl (C=O) groups is 2. The highest BCUT2D eigenvalue weighted by Crippen LogP contribution is 2.26. The van der Waals surface area contributed by atoms with Crippen molar-refractivity contribution in [1.82, 2.24) is 5.43 Å². The lowest BCUT2D eigenvalue weighted by atomic mass is 10.2. The quantitative estimate of drug-likeness (QED) is 0.180. The first kappa shape index (κ1) is 30.8. The van der Waals surface area contributed by atoms with Crippen LogP contribution in [-0.2, 0) is 19.6 Å². The number of sulfonamides is 1. The molecule has 10 nitrogen and oxygen atoms in total. The molecule has 0 heterocycles. The maximum atomic E-state index is 13.5. The molecular weight excluding hydrogens is 568 g/mol. The Kier molecular flexibility index (Phi) is 10.1. The summed E-state index contributed by atoms with van der Waals surface area (Å²) in [6, 6.07) is 27.1. The number of nitrogens with one attached hydrogen (secondary N) is 2. The minimum Gasteiger partial charge on any atom is -0.497 e. The van der Waals surface area contributed by atoms with Crippen LogP contribution in [0.1, 0.15) is 16.7 Å². The first-order valence-corrected chi connectivity index (χ1v) is 14.7. The van der Waals surface area contributed by atoms with Crippen molar-refractivity contribution in [1.29, 1.82) is 0 Å². The third-order valence-electron chi connectivity index (χ3n) is 6.31. The van der Waals surface area contributed by atoms with Crippen molar-refractivity contribution >= 4 is 39.4 Å². The molecule has 0 aromatic heterocycles. The third-order valence-corrected chi connectivity index (χ3v) is 8.08. The number of methoxy groups -OCH3 is 1. The van der Waals surface area contributed by atoms with Crippen LogP contribution in [0.5, 0.6) is 11.5 Å². The molecule has 0 saturated carbocycles. The molecule has 0 saturated heterocycles. The van der Waals surface area contributed by atoms with Crippen LogP contribution in [0.15, 0.2) is 107 Å². The van der Waals surface area contributed by atoms with Crippen molar-refractivity contribution < 1.29 is 27.5 Å². The molecule has 222 valence electrons. The SMILES string of the molecule is COc1ccc(NC(=O)COc2ccc(/C=N\NC(=O)CN(c3ccccc3C)S(=O)(=O)c3ccc(C)cc3)cc2)cc1. The number of amides is 2. The zero-order valence-electron chi connectivity index (χ0n) is 24.0. The van der Waals surface area contributed by atoms with Gasteiger partial charge in [-0.05, 0) is 91.7 Å². The fourth-order valence-corrected chi connectivity index (χ4v) is 5.48. The fraction of sp³-hybridized carbons (Fsp3) is 0.156. The van der Waals surface area contributed by atoms with Gasteiger partial charge in [-0.3, -0.25) is 13.9 Å². The second-order valence-corrected chi connectivity index (χ2v) is 11.4. The van der Waals surface area contributed by atoms with Gasteiger partial charge in [-0.15, -0.1) is 0 Å². The molecule has 0 unspecified atom stereocenters. The highest BCUT2D eigenvalue weighted by Gasteiger charge is 2.28. The number of carbonyl (C=O) groups excluding carboxylic acids is 2. The molecule has 2 amide bonds. The molecule has 0 spiro atoms. The van der Waals surface area contributed by atoms with Crippen LogP contribution in [0.3, 0.4) is 0 Å². The number of hydrazone groups is 1. The van der Waals surface area contributed by atoms with E-state index in [9.17, 15) is 18.0 Å². The van der Waals surface area contributed by atoms with E-state index in [2.05, 4.69) is 15.8 Å². The lowest BCUT2D eigenvalue weighted by Crippen LogP contribution is -2.40. The molecule has 4 aromatic carbocycles. The summed E-state index contributed by atoms with van der Waals surface area (Å²) >= 11 is 0. The van der Waals surface area contributed by atoms with Gasteiger partial charge in [0.15, 0.2) is 6.61 Å². The summed E-state index contributed by atoms with van der Waals surface area (Å²) in [5, 5.41) is 6.72. The Morgan fingerprint density at radius 3 is 2.14 bits per heavy atom. The topological polar surface area (TPSA) is 126 Å². The van der Waals surface area contributed by atoms with Crippen LogP contribution in [0.25, 0.3) is 0 Å². The lowest BCUT2D eigenvalue weighted by molar-refractivity contribution is -0.119. The van der Waals surface area contributed by atoms with Crippen LogP contribution < -0.4 is 24.5 Å². The molecule has 2 N–H and O–H groups in total. The Balaban J connectivity index is 1.34. The second-order valence-electron chi connectivity index (χ2n) is 9.54. The number of para-hydroxylation sites is 1. The summed E-state index contributed by atoms with van der Waals surface area (Å²) in [4.78, 5) is 25.1. The summed E-state index contributed by atoms with van der Waals surface area (Å²) in [5.74, 6) is 0.231. The summed E-state index contributed by atoms with van der Waals surface area (Å²) in [6.07, 6.45) is 1.42. The number of rotatable bonds is 12. The minimum atomic E-state index is -4.03. The van der Waals surface area contributed by atoms with Crippen molar-refractivity contribution in [2.75, 3.05) is 29.9 Å². The van der Waals surface area contributed by atoms with E-state index in [1.54, 1.807) is 99.0 Å². The number of aryl methyl sites for hydroxylation is 2. The van der Waals surface area contributed by atoms with Gasteiger partial charge < -0.3 is 14.8 Å². The van der Waals surface area contributed by atoms with E-state index in [0.29, 0.717) is 34.0 Å². The van der Waals surface area contributed by atoms with Crippen LogP contribution in [0, 0.1) is 13.8 Å². The normalized spacial score (nSPS) is 11.1. The van der Waals surface area contributed by atoms with E-state index >= 15 is 0 Å². The van der Waals surface area contributed by atoms with Gasteiger partial charge in [0.2, 0.25) is 0 Å². The summed E-state index contributed by atoms with van der Waals surface area (Å²) in [5.41, 5.74) is 5.70. The second kappa shape index (κ2) is 14.1. The van der Waals surface area contributed by atoms with Gasteiger partial charge in [0.25, 0.3) is 21.8 Å². The minimum absolute atomic E-state index is 0.0816. The van der Waals surface area contributed by atoms with Crippen molar-refractivity contribution in [3.63, 3.8) is 0 Å². The molecule has 0 atom stereocenters. The summed E-state index contributed by atoms with van der Waals surface area (Å²) in [7, 11) is -2.46. The van der Waals surface area contributed by atoms with Gasteiger partial charge in [0.05, 0.1) is 23.9 Å². The fourth-order valence-electron chi connectivity index (χ4n) is 4.00. The smallest absolute Gasteiger partial charge is 0.264 e. The number of hydrogen-bond acceptors (Lipinski definition) is 7. The number of ether oxygens (including phenoxy) is 2. The van der Waals surface area contributed by atoms with E-state index in [1.807, 2.05) is 6.92 Å². The van der Waals surface area contributed by atoms with Gasteiger partial charge in [0, 0.05) is 5.69 Å². The van der Waals surface area contributed by atoms with E-state index < -0.39 is 22.5 Å². The van der Waals surface area contributed by atoms with Crippen molar-refractivity contribution in [2.24, 2.45) is 5.10 Å². The number of hydrogen-bond donors (Lipinski definition) is 2. The largest absolute Gasteiger partial charge is 0.497 e. The predicted octanol–water partition coefficient (Wildman–Crippen LogP) is 4.68. The molecule has 0 aliphatic rings. The summed E-state index contributed by atoms with van der Waals surface area (Å²) in [6.45, 7) is 3.00.